The van der Waals surface area contributed by atoms with Crippen LogP contribution in [0.3, 0.4) is 0 Å². The Morgan fingerprint density at radius 3 is 2.81 bits per heavy atom. The van der Waals surface area contributed by atoms with Gasteiger partial charge in [0.05, 0.1) is 5.56 Å². The SMILES string of the molecule is Cc1cc(C(=O)N2CC[C@]3(C[C@H]3C(=O)NCc3ccncc3)C2)c(C)o1. The minimum absolute atomic E-state index is 0.00863. The van der Waals surface area contributed by atoms with Crippen LogP contribution < -0.4 is 5.32 Å². The van der Waals surface area contributed by atoms with E-state index in [1.807, 2.05) is 30.9 Å². The van der Waals surface area contributed by atoms with Gasteiger partial charge in [-0.1, -0.05) is 0 Å². The molecule has 3 heterocycles. The van der Waals surface area contributed by atoms with Crippen molar-refractivity contribution in [1.29, 1.82) is 0 Å². The second-order valence-corrected chi connectivity index (χ2v) is 7.50. The molecule has 1 aliphatic carbocycles. The monoisotopic (exact) mass is 353 g/mol. The summed E-state index contributed by atoms with van der Waals surface area (Å²) in [4.78, 5) is 31.1. The number of hydrogen-bond donors (Lipinski definition) is 1. The van der Waals surface area contributed by atoms with E-state index in [0.717, 1.165) is 24.2 Å². The van der Waals surface area contributed by atoms with E-state index in [0.29, 0.717) is 31.0 Å². The van der Waals surface area contributed by atoms with Gasteiger partial charge in [0.25, 0.3) is 5.91 Å². The Balaban J connectivity index is 1.35. The van der Waals surface area contributed by atoms with Crippen LogP contribution >= 0.6 is 0 Å². The van der Waals surface area contributed by atoms with E-state index in [9.17, 15) is 9.59 Å². The molecule has 2 aromatic heterocycles. The van der Waals surface area contributed by atoms with Crippen molar-refractivity contribution in [2.24, 2.45) is 11.3 Å². The van der Waals surface area contributed by atoms with Gasteiger partial charge >= 0.3 is 0 Å². The van der Waals surface area contributed by atoms with Crippen LogP contribution in [-0.2, 0) is 11.3 Å². The molecule has 6 nitrogen and oxygen atoms in total. The van der Waals surface area contributed by atoms with Crippen molar-refractivity contribution >= 4 is 11.8 Å². The van der Waals surface area contributed by atoms with Crippen molar-refractivity contribution in [3.05, 3.63) is 53.2 Å². The number of pyridine rings is 1. The summed E-state index contributed by atoms with van der Waals surface area (Å²) in [5.74, 6) is 1.52. The van der Waals surface area contributed by atoms with Crippen molar-refractivity contribution < 1.29 is 14.0 Å². The van der Waals surface area contributed by atoms with Gasteiger partial charge in [-0.25, -0.2) is 0 Å². The Morgan fingerprint density at radius 1 is 1.35 bits per heavy atom. The van der Waals surface area contributed by atoms with Crippen LogP contribution in [0.15, 0.2) is 35.0 Å². The van der Waals surface area contributed by atoms with Gasteiger partial charge in [0.2, 0.25) is 5.91 Å². The highest BCUT2D eigenvalue weighted by atomic mass is 16.3. The van der Waals surface area contributed by atoms with E-state index >= 15 is 0 Å². The van der Waals surface area contributed by atoms with Crippen molar-refractivity contribution in [3.8, 4) is 0 Å². The smallest absolute Gasteiger partial charge is 0.257 e. The quantitative estimate of drug-likeness (QED) is 0.916. The molecule has 1 saturated carbocycles. The number of carbonyl (C=O) groups is 2. The van der Waals surface area contributed by atoms with Gasteiger partial charge in [0.15, 0.2) is 0 Å². The maximum atomic E-state index is 12.7. The molecule has 2 aliphatic rings. The molecule has 2 amide bonds. The van der Waals surface area contributed by atoms with E-state index in [1.165, 1.54) is 0 Å². The number of likely N-dealkylation sites (tertiary alicyclic amines) is 1. The molecule has 0 bridgehead atoms. The molecule has 4 rings (SSSR count). The minimum Gasteiger partial charge on any atom is -0.466 e. The van der Waals surface area contributed by atoms with E-state index in [4.69, 9.17) is 4.42 Å². The predicted octanol–water partition coefficient (Wildman–Crippen LogP) is 2.46. The Kier molecular flexibility index (Phi) is 4.05. The number of aryl methyl sites for hydroxylation is 2. The Hall–Kier alpha value is -2.63. The molecule has 2 atom stereocenters. The zero-order chi connectivity index (χ0) is 18.3. The number of nitrogens with one attached hydrogen (secondary N) is 1. The summed E-state index contributed by atoms with van der Waals surface area (Å²) >= 11 is 0. The highest BCUT2D eigenvalue weighted by Crippen LogP contribution is 2.58. The number of amides is 2. The molecular formula is C20H23N3O3. The summed E-state index contributed by atoms with van der Waals surface area (Å²) in [5.41, 5.74) is 1.64. The van der Waals surface area contributed by atoms with Gasteiger partial charge in [-0.2, -0.15) is 0 Å². The lowest BCUT2D eigenvalue weighted by Crippen LogP contribution is -2.31. The summed E-state index contributed by atoms with van der Waals surface area (Å²) < 4.78 is 5.48. The lowest BCUT2D eigenvalue weighted by atomic mass is 10.0. The first-order valence-corrected chi connectivity index (χ1v) is 9.01. The van der Waals surface area contributed by atoms with Gasteiger partial charge in [0, 0.05) is 43.4 Å². The first-order chi connectivity index (χ1) is 12.5. The molecule has 2 fully saturated rings. The second-order valence-electron chi connectivity index (χ2n) is 7.50. The normalized spacial score (nSPS) is 24.1. The molecular weight excluding hydrogens is 330 g/mol. The van der Waals surface area contributed by atoms with Crippen molar-refractivity contribution in [2.75, 3.05) is 13.1 Å². The summed E-state index contributed by atoms with van der Waals surface area (Å²) in [6.45, 7) is 5.54. The van der Waals surface area contributed by atoms with Crippen LogP contribution in [0, 0.1) is 25.2 Å². The molecule has 1 saturated heterocycles. The average Bonchev–Trinajstić information content (AvgIpc) is 2.98. The number of rotatable bonds is 4. The molecule has 1 N–H and O–H groups in total. The fraction of sp³-hybridized carbons (Fsp3) is 0.450. The van der Waals surface area contributed by atoms with Crippen LogP contribution in [0.2, 0.25) is 0 Å². The number of hydrogen-bond acceptors (Lipinski definition) is 4. The third kappa shape index (κ3) is 3.00. The van der Waals surface area contributed by atoms with E-state index in [2.05, 4.69) is 10.3 Å². The Labute approximate surface area is 152 Å². The molecule has 1 aliphatic heterocycles. The molecule has 26 heavy (non-hydrogen) atoms. The number of furan rings is 1. The lowest BCUT2D eigenvalue weighted by Gasteiger charge is -2.16. The largest absolute Gasteiger partial charge is 0.466 e. The molecule has 0 aromatic carbocycles. The van der Waals surface area contributed by atoms with Crippen molar-refractivity contribution in [3.63, 3.8) is 0 Å². The van der Waals surface area contributed by atoms with Gasteiger partial charge in [0.1, 0.15) is 11.5 Å². The maximum absolute atomic E-state index is 12.7. The van der Waals surface area contributed by atoms with Crippen LogP contribution in [0.5, 0.6) is 0 Å². The first kappa shape index (κ1) is 16.8. The van der Waals surface area contributed by atoms with E-state index in [-0.39, 0.29) is 23.1 Å². The third-order valence-electron chi connectivity index (χ3n) is 5.67. The summed E-state index contributed by atoms with van der Waals surface area (Å²) in [7, 11) is 0. The van der Waals surface area contributed by atoms with Gasteiger partial charge in [-0.15, -0.1) is 0 Å². The Bertz CT molecular complexity index is 845. The number of aromatic nitrogens is 1. The molecule has 6 heteroatoms. The van der Waals surface area contributed by atoms with Crippen LogP contribution in [0.4, 0.5) is 0 Å². The van der Waals surface area contributed by atoms with Crippen molar-refractivity contribution in [1.82, 2.24) is 15.2 Å². The predicted molar refractivity (Wildman–Crippen MR) is 95.3 cm³/mol. The minimum atomic E-state index is -0.0370. The molecule has 1 spiro atoms. The average molecular weight is 353 g/mol. The summed E-state index contributed by atoms with van der Waals surface area (Å²) in [6.07, 6.45) is 5.20. The number of carbonyl (C=O) groups excluding carboxylic acids is 2. The van der Waals surface area contributed by atoms with E-state index < -0.39 is 0 Å². The highest BCUT2D eigenvalue weighted by molar-refractivity contribution is 5.95. The topological polar surface area (TPSA) is 75.4 Å². The molecule has 136 valence electrons. The van der Waals surface area contributed by atoms with Crippen LogP contribution in [-0.4, -0.2) is 34.8 Å². The van der Waals surface area contributed by atoms with Crippen LogP contribution in [0.25, 0.3) is 0 Å². The zero-order valence-corrected chi connectivity index (χ0v) is 15.1. The Morgan fingerprint density at radius 2 is 2.12 bits per heavy atom. The molecule has 0 radical (unpaired) electrons. The van der Waals surface area contributed by atoms with Crippen LogP contribution in [0.1, 0.15) is 40.3 Å². The number of nitrogens with zero attached hydrogens (tertiary/aromatic N) is 2. The fourth-order valence-corrected chi connectivity index (χ4v) is 4.07. The standard InChI is InChI=1S/C20H23N3O3/c1-13-9-16(14(2)26-13)19(25)23-8-5-20(12-23)10-17(20)18(24)22-11-15-3-6-21-7-4-15/h3-4,6-7,9,17H,5,8,10-12H2,1-2H3,(H,22,24)/t17-,20-/m0/s1. The highest BCUT2D eigenvalue weighted by Gasteiger charge is 2.61. The molecule has 0 unspecified atom stereocenters. The van der Waals surface area contributed by atoms with Gasteiger partial charge < -0.3 is 14.6 Å². The summed E-state index contributed by atoms with van der Waals surface area (Å²) in [5, 5.41) is 3.02. The third-order valence-corrected chi connectivity index (χ3v) is 5.67. The first-order valence-electron chi connectivity index (χ1n) is 9.01. The fourth-order valence-electron chi connectivity index (χ4n) is 4.07. The summed E-state index contributed by atoms with van der Waals surface area (Å²) in [6, 6.07) is 5.59. The van der Waals surface area contributed by atoms with E-state index in [1.54, 1.807) is 18.5 Å². The van der Waals surface area contributed by atoms with Crippen molar-refractivity contribution in [2.45, 2.75) is 33.2 Å². The van der Waals surface area contributed by atoms with Gasteiger partial charge in [-0.3, -0.25) is 14.6 Å². The lowest BCUT2D eigenvalue weighted by molar-refractivity contribution is -0.123. The maximum Gasteiger partial charge on any atom is 0.257 e. The second kappa shape index (κ2) is 6.27. The molecule has 2 aromatic rings. The zero-order valence-electron chi connectivity index (χ0n) is 15.1. The van der Waals surface area contributed by atoms with Gasteiger partial charge in [-0.05, 0) is 50.5 Å².